The van der Waals surface area contributed by atoms with Crippen LogP contribution in [0.15, 0.2) is 54.9 Å². The minimum absolute atomic E-state index is 0.417. The van der Waals surface area contributed by atoms with Gasteiger partial charge in [-0.05, 0) is 29.0 Å². The Hall–Kier alpha value is -2.35. The van der Waals surface area contributed by atoms with Crippen molar-refractivity contribution in [2.45, 2.75) is 39.2 Å². The van der Waals surface area contributed by atoms with E-state index in [-0.39, 0.29) is 0 Å². The van der Waals surface area contributed by atoms with Gasteiger partial charge in [0.1, 0.15) is 0 Å². The van der Waals surface area contributed by atoms with Crippen LogP contribution in [0.1, 0.15) is 32.6 Å². The smallest absolute Gasteiger partial charge is 0.0969 e. The van der Waals surface area contributed by atoms with Crippen LogP contribution in [-0.4, -0.2) is 9.55 Å². The first-order valence-corrected chi connectivity index (χ1v) is 9.00. The minimum atomic E-state index is 0.417. The highest BCUT2D eigenvalue weighted by Gasteiger charge is 2.29. The summed E-state index contributed by atoms with van der Waals surface area (Å²) in [6.45, 7) is 3.51. The van der Waals surface area contributed by atoms with Gasteiger partial charge in [-0.15, -0.1) is 0 Å². The number of fused-ring (bicyclic) bond motifs is 6. The van der Waals surface area contributed by atoms with E-state index in [4.69, 9.17) is 4.98 Å². The van der Waals surface area contributed by atoms with Crippen LogP contribution < -0.4 is 0 Å². The van der Waals surface area contributed by atoms with Crippen molar-refractivity contribution < 1.29 is 0 Å². The number of hydrogen-bond donors (Lipinski definition) is 0. The molecule has 0 radical (unpaired) electrons. The summed E-state index contributed by atoms with van der Waals surface area (Å²) in [7, 11) is 0. The maximum atomic E-state index is 4.83. The van der Waals surface area contributed by atoms with Gasteiger partial charge in [-0.2, -0.15) is 0 Å². The Bertz CT molecular complexity index is 1050. The summed E-state index contributed by atoms with van der Waals surface area (Å²) in [5, 5.41) is 5.23. The number of aromatic nitrogens is 2. The first kappa shape index (κ1) is 14.0. The van der Waals surface area contributed by atoms with Crippen molar-refractivity contribution in [2.24, 2.45) is 5.41 Å². The molecule has 0 N–H and O–H groups in total. The molecule has 1 aromatic heterocycles. The summed E-state index contributed by atoms with van der Waals surface area (Å²) < 4.78 is 2.41. The predicted molar refractivity (Wildman–Crippen MR) is 101 cm³/mol. The van der Waals surface area contributed by atoms with Crippen LogP contribution in [0.4, 0.5) is 0 Å². The highest BCUT2D eigenvalue weighted by molar-refractivity contribution is 6.23. The molecule has 24 heavy (non-hydrogen) atoms. The Morgan fingerprint density at radius 2 is 1.46 bits per heavy atom. The Balaban J connectivity index is 1.85. The molecule has 1 heterocycles. The molecule has 0 saturated heterocycles. The van der Waals surface area contributed by atoms with E-state index in [9.17, 15) is 0 Å². The fraction of sp³-hybridized carbons (Fsp3) is 0.318. The predicted octanol–water partition coefficient (Wildman–Crippen LogP) is 5.92. The molecule has 5 rings (SSSR count). The molecule has 0 bridgehead atoms. The molecule has 1 aliphatic carbocycles. The van der Waals surface area contributed by atoms with Gasteiger partial charge in [0.05, 0.1) is 17.4 Å². The molecule has 1 saturated carbocycles. The van der Waals surface area contributed by atoms with E-state index in [1.807, 2.05) is 0 Å². The quantitative estimate of drug-likeness (QED) is 0.420. The second-order valence-corrected chi connectivity index (χ2v) is 7.68. The van der Waals surface area contributed by atoms with Crippen LogP contribution in [0.5, 0.6) is 0 Å². The molecule has 1 fully saturated rings. The SMILES string of the molecule is CC1(Cn2cnc3c4ccccc4c4ccccc4c32)CCCC1. The van der Waals surface area contributed by atoms with Crippen LogP contribution >= 0.6 is 0 Å². The summed E-state index contributed by atoms with van der Waals surface area (Å²) in [5.41, 5.74) is 2.86. The molecular formula is C22H22N2. The Kier molecular flexibility index (Phi) is 2.97. The zero-order valence-electron chi connectivity index (χ0n) is 14.1. The van der Waals surface area contributed by atoms with Gasteiger partial charge in [0.25, 0.3) is 0 Å². The van der Waals surface area contributed by atoms with Gasteiger partial charge in [0.2, 0.25) is 0 Å². The number of hydrogen-bond acceptors (Lipinski definition) is 1. The molecule has 0 amide bonds. The van der Waals surface area contributed by atoms with E-state index < -0.39 is 0 Å². The first-order valence-electron chi connectivity index (χ1n) is 9.00. The summed E-state index contributed by atoms with van der Waals surface area (Å²) in [6, 6.07) is 17.4. The van der Waals surface area contributed by atoms with Gasteiger partial charge in [0.15, 0.2) is 0 Å². The molecule has 1 aliphatic rings. The normalized spacial score (nSPS) is 17.2. The largest absolute Gasteiger partial charge is 0.330 e. The van der Waals surface area contributed by atoms with Crippen molar-refractivity contribution in [3.05, 3.63) is 54.9 Å². The third-order valence-corrected chi connectivity index (χ3v) is 5.86. The number of nitrogens with zero attached hydrogens (tertiary/aromatic N) is 2. The maximum Gasteiger partial charge on any atom is 0.0969 e. The molecule has 3 aromatic carbocycles. The van der Waals surface area contributed by atoms with Crippen molar-refractivity contribution in [1.82, 2.24) is 9.55 Å². The minimum Gasteiger partial charge on any atom is -0.330 e. The molecule has 4 aromatic rings. The van der Waals surface area contributed by atoms with Crippen molar-refractivity contribution in [2.75, 3.05) is 0 Å². The summed E-state index contributed by atoms with van der Waals surface area (Å²) in [6.07, 6.45) is 7.46. The molecule has 120 valence electrons. The van der Waals surface area contributed by atoms with Gasteiger partial charge in [-0.1, -0.05) is 68.3 Å². The molecule has 2 heteroatoms. The zero-order chi connectivity index (χ0) is 16.1. The van der Waals surface area contributed by atoms with E-state index in [1.165, 1.54) is 52.7 Å². The standard InChI is InChI=1S/C22H22N2/c1-22(12-6-7-13-22)14-24-15-23-20-18-10-4-2-8-16(18)17-9-3-5-11-19(17)21(20)24/h2-5,8-11,15H,6-7,12-14H2,1H3. The van der Waals surface area contributed by atoms with E-state index in [0.29, 0.717) is 5.41 Å². The lowest BCUT2D eigenvalue weighted by Crippen LogP contribution is -2.19. The number of benzene rings is 3. The Labute approximate surface area is 142 Å². The van der Waals surface area contributed by atoms with Gasteiger partial charge in [-0.25, -0.2) is 4.98 Å². The van der Waals surface area contributed by atoms with Crippen LogP contribution in [0.25, 0.3) is 32.6 Å². The van der Waals surface area contributed by atoms with Gasteiger partial charge in [-0.3, -0.25) is 0 Å². The van der Waals surface area contributed by atoms with Gasteiger partial charge >= 0.3 is 0 Å². The van der Waals surface area contributed by atoms with E-state index >= 15 is 0 Å². The average molecular weight is 314 g/mol. The average Bonchev–Trinajstić information content (AvgIpc) is 3.22. The molecule has 2 nitrogen and oxygen atoms in total. The van der Waals surface area contributed by atoms with E-state index in [1.54, 1.807) is 0 Å². The van der Waals surface area contributed by atoms with Crippen molar-refractivity contribution in [3.8, 4) is 0 Å². The van der Waals surface area contributed by atoms with E-state index in [0.717, 1.165) is 12.1 Å². The first-order chi connectivity index (χ1) is 11.8. The highest BCUT2D eigenvalue weighted by atomic mass is 15.1. The fourth-order valence-electron chi connectivity index (χ4n) is 4.63. The second kappa shape index (κ2) is 5.07. The summed E-state index contributed by atoms with van der Waals surface area (Å²) >= 11 is 0. The van der Waals surface area contributed by atoms with E-state index in [2.05, 4.69) is 66.3 Å². The lowest BCUT2D eigenvalue weighted by molar-refractivity contribution is 0.285. The summed E-state index contributed by atoms with van der Waals surface area (Å²) in [5.74, 6) is 0. The van der Waals surface area contributed by atoms with Crippen LogP contribution in [-0.2, 0) is 6.54 Å². The third kappa shape index (κ3) is 1.99. The number of imidazole rings is 1. The van der Waals surface area contributed by atoms with Gasteiger partial charge < -0.3 is 4.57 Å². The van der Waals surface area contributed by atoms with Crippen LogP contribution in [0.3, 0.4) is 0 Å². The van der Waals surface area contributed by atoms with Crippen molar-refractivity contribution in [3.63, 3.8) is 0 Å². The Morgan fingerprint density at radius 3 is 2.17 bits per heavy atom. The molecular weight excluding hydrogens is 292 g/mol. The molecule has 0 atom stereocenters. The third-order valence-electron chi connectivity index (χ3n) is 5.86. The second-order valence-electron chi connectivity index (χ2n) is 7.68. The molecule has 0 unspecified atom stereocenters. The fourth-order valence-corrected chi connectivity index (χ4v) is 4.63. The van der Waals surface area contributed by atoms with Crippen LogP contribution in [0, 0.1) is 5.41 Å². The van der Waals surface area contributed by atoms with Crippen molar-refractivity contribution in [1.29, 1.82) is 0 Å². The summed E-state index contributed by atoms with van der Waals surface area (Å²) in [4.78, 5) is 4.83. The lowest BCUT2D eigenvalue weighted by atomic mass is 9.88. The highest BCUT2D eigenvalue weighted by Crippen LogP contribution is 2.41. The van der Waals surface area contributed by atoms with Gasteiger partial charge in [0, 0.05) is 17.3 Å². The zero-order valence-corrected chi connectivity index (χ0v) is 14.1. The molecule has 0 aliphatic heterocycles. The topological polar surface area (TPSA) is 17.8 Å². The molecule has 0 spiro atoms. The lowest BCUT2D eigenvalue weighted by Gasteiger charge is -2.24. The Morgan fingerprint density at radius 1 is 0.875 bits per heavy atom. The maximum absolute atomic E-state index is 4.83. The van der Waals surface area contributed by atoms with Crippen molar-refractivity contribution >= 4 is 32.6 Å². The number of rotatable bonds is 2. The van der Waals surface area contributed by atoms with Crippen LogP contribution in [0.2, 0.25) is 0 Å². The monoisotopic (exact) mass is 314 g/mol.